The number of rotatable bonds is 5. The molecule has 2 aromatic carbocycles. The van der Waals surface area contributed by atoms with Crippen molar-refractivity contribution in [2.75, 3.05) is 13.7 Å². The molecule has 0 spiro atoms. The highest BCUT2D eigenvalue weighted by molar-refractivity contribution is 7.89. The molecule has 0 bridgehead atoms. The molecule has 138 valence electrons. The molecule has 7 nitrogen and oxygen atoms in total. The van der Waals surface area contributed by atoms with Gasteiger partial charge in [0.2, 0.25) is 0 Å². The zero-order chi connectivity index (χ0) is 19.6. The number of hydrogen-bond donors (Lipinski definition) is 1. The number of Topliss-reactive ketones (excluding diaryl/α,β-unsaturated/α-hetero) is 1. The summed E-state index contributed by atoms with van der Waals surface area (Å²) in [4.78, 5) is 12.8. The zero-order valence-electron chi connectivity index (χ0n) is 14.5. The number of methoxy groups -OCH3 is 1. The molecule has 1 heterocycles. The molecule has 0 saturated heterocycles. The van der Waals surface area contributed by atoms with E-state index in [0.717, 1.165) is 4.31 Å². The fourth-order valence-corrected chi connectivity index (χ4v) is 4.36. The average Bonchev–Trinajstić information content (AvgIpc) is 3.05. The third kappa shape index (κ3) is 3.25. The molecule has 27 heavy (non-hydrogen) atoms. The van der Waals surface area contributed by atoms with Gasteiger partial charge in [-0.15, -0.1) is 0 Å². The lowest BCUT2D eigenvalue weighted by molar-refractivity contribution is 0.0942. The van der Waals surface area contributed by atoms with Gasteiger partial charge in [-0.2, -0.15) is 5.26 Å². The number of benzene rings is 2. The van der Waals surface area contributed by atoms with Gasteiger partial charge in [0.25, 0.3) is 10.0 Å². The van der Waals surface area contributed by atoms with Crippen molar-refractivity contribution < 1.29 is 17.9 Å². The molecule has 0 aliphatic carbocycles. The Morgan fingerprint density at radius 1 is 1.19 bits per heavy atom. The number of nitrogens with zero attached hydrogens (tertiary/aromatic N) is 2. The lowest BCUT2D eigenvalue weighted by atomic mass is 9.93. The third-order valence-electron chi connectivity index (χ3n) is 4.38. The molecular weight excluding hydrogens is 366 g/mol. The van der Waals surface area contributed by atoms with Crippen molar-refractivity contribution in [1.82, 2.24) is 4.31 Å². The van der Waals surface area contributed by atoms with E-state index < -0.39 is 15.9 Å². The highest BCUT2D eigenvalue weighted by Gasteiger charge is 2.41. The Kier molecular flexibility index (Phi) is 4.88. The van der Waals surface area contributed by atoms with Crippen LogP contribution in [0.1, 0.15) is 10.4 Å². The van der Waals surface area contributed by atoms with E-state index in [1.54, 1.807) is 30.3 Å². The van der Waals surface area contributed by atoms with Crippen LogP contribution < -0.4 is 10.5 Å². The summed E-state index contributed by atoms with van der Waals surface area (Å²) in [6.45, 7) is -0.211. The smallest absolute Gasteiger partial charge is 0.265 e. The standard InChI is InChI=1S/C19H17N3O4S/c1-26-14-7-9-15(10-8-14)27(24,25)22-12-17(16(11-20)19(22)21)18(23)13-5-3-2-4-6-13/h2-10,17H,12,21H2,1H3. The van der Waals surface area contributed by atoms with Crippen molar-refractivity contribution in [1.29, 1.82) is 5.26 Å². The van der Waals surface area contributed by atoms with Crippen LogP contribution in [0.15, 0.2) is 70.9 Å². The second-order valence-electron chi connectivity index (χ2n) is 5.91. The van der Waals surface area contributed by atoms with Crippen LogP contribution in [0.25, 0.3) is 0 Å². The van der Waals surface area contributed by atoms with E-state index in [1.165, 1.54) is 31.4 Å². The molecule has 1 aliphatic heterocycles. The fourth-order valence-electron chi connectivity index (χ4n) is 2.92. The number of carbonyl (C=O) groups excluding carboxylic acids is 1. The second kappa shape index (κ2) is 7.13. The summed E-state index contributed by atoms with van der Waals surface area (Å²) >= 11 is 0. The molecule has 1 unspecified atom stereocenters. The molecule has 0 saturated carbocycles. The number of sulfonamides is 1. The monoisotopic (exact) mass is 383 g/mol. The summed E-state index contributed by atoms with van der Waals surface area (Å²) in [5.41, 5.74) is 6.30. The summed E-state index contributed by atoms with van der Waals surface area (Å²) in [5, 5.41) is 9.45. The number of nitrogens with two attached hydrogens (primary N) is 1. The topological polar surface area (TPSA) is 113 Å². The van der Waals surface area contributed by atoms with Crippen LogP contribution in [-0.4, -0.2) is 32.2 Å². The molecule has 0 aromatic heterocycles. The molecule has 8 heteroatoms. The lowest BCUT2D eigenvalue weighted by Crippen LogP contribution is -2.33. The van der Waals surface area contributed by atoms with Gasteiger partial charge in [0.05, 0.1) is 36.1 Å². The number of ether oxygens (including phenoxy) is 1. The summed E-state index contributed by atoms with van der Waals surface area (Å²) in [6.07, 6.45) is 0. The maximum absolute atomic E-state index is 13.0. The fraction of sp³-hybridized carbons (Fsp3) is 0.158. The first kappa shape index (κ1) is 18.5. The van der Waals surface area contributed by atoms with Crippen LogP contribution in [0.5, 0.6) is 5.75 Å². The van der Waals surface area contributed by atoms with E-state index in [9.17, 15) is 18.5 Å². The molecule has 1 atom stereocenters. The van der Waals surface area contributed by atoms with Crippen LogP contribution in [0.2, 0.25) is 0 Å². The van der Waals surface area contributed by atoms with Gasteiger partial charge in [0, 0.05) is 5.56 Å². The van der Waals surface area contributed by atoms with Crippen molar-refractivity contribution in [2.45, 2.75) is 4.90 Å². The minimum atomic E-state index is -4.01. The Bertz CT molecular complexity index is 1040. The molecule has 2 aromatic rings. The Hall–Kier alpha value is -3.31. The first-order chi connectivity index (χ1) is 12.9. The molecule has 0 radical (unpaired) electrons. The van der Waals surface area contributed by atoms with Gasteiger partial charge in [-0.1, -0.05) is 30.3 Å². The highest BCUT2D eigenvalue weighted by Crippen LogP contribution is 2.33. The van der Waals surface area contributed by atoms with Crippen molar-refractivity contribution >= 4 is 15.8 Å². The Morgan fingerprint density at radius 2 is 1.81 bits per heavy atom. The van der Waals surface area contributed by atoms with E-state index in [-0.39, 0.29) is 28.6 Å². The quantitative estimate of drug-likeness (QED) is 0.789. The van der Waals surface area contributed by atoms with Crippen LogP contribution in [0, 0.1) is 17.2 Å². The largest absolute Gasteiger partial charge is 0.497 e. The first-order valence-electron chi connectivity index (χ1n) is 8.06. The van der Waals surface area contributed by atoms with E-state index in [1.807, 2.05) is 6.07 Å². The molecule has 0 fully saturated rings. The number of nitriles is 1. The minimum Gasteiger partial charge on any atom is -0.497 e. The van der Waals surface area contributed by atoms with Crippen LogP contribution in [0.3, 0.4) is 0 Å². The number of hydrogen-bond acceptors (Lipinski definition) is 6. The van der Waals surface area contributed by atoms with Gasteiger partial charge in [-0.25, -0.2) is 12.7 Å². The third-order valence-corrected chi connectivity index (χ3v) is 6.18. The maximum atomic E-state index is 13.0. The Balaban J connectivity index is 1.97. The minimum absolute atomic E-state index is 0.00338. The summed E-state index contributed by atoms with van der Waals surface area (Å²) < 4.78 is 31.9. The van der Waals surface area contributed by atoms with E-state index in [4.69, 9.17) is 10.5 Å². The average molecular weight is 383 g/mol. The highest BCUT2D eigenvalue weighted by atomic mass is 32.2. The number of ketones is 1. The van der Waals surface area contributed by atoms with Crippen molar-refractivity contribution in [3.05, 3.63) is 71.6 Å². The first-order valence-corrected chi connectivity index (χ1v) is 9.50. The summed E-state index contributed by atoms with van der Waals surface area (Å²) in [6, 6.07) is 16.1. The van der Waals surface area contributed by atoms with E-state index in [2.05, 4.69) is 0 Å². The molecular formula is C19H17N3O4S. The summed E-state index contributed by atoms with van der Waals surface area (Å²) in [7, 11) is -2.54. The maximum Gasteiger partial charge on any atom is 0.265 e. The molecule has 2 N–H and O–H groups in total. The van der Waals surface area contributed by atoms with Crippen molar-refractivity contribution in [3.8, 4) is 11.8 Å². The van der Waals surface area contributed by atoms with Gasteiger partial charge < -0.3 is 10.5 Å². The van der Waals surface area contributed by atoms with Crippen molar-refractivity contribution in [3.63, 3.8) is 0 Å². The van der Waals surface area contributed by atoms with Crippen LogP contribution >= 0.6 is 0 Å². The predicted molar refractivity (Wildman–Crippen MR) is 98.0 cm³/mol. The normalized spacial score (nSPS) is 16.9. The van der Waals surface area contributed by atoms with Gasteiger partial charge in [0.15, 0.2) is 5.78 Å². The molecule has 1 aliphatic rings. The Morgan fingerprint density at radius 3 is 2.37 bits per heavy atom. The van der Waals surface area contributed by atoms with Gasteiger partial charge in [0.1, 0.15) is 11.6 Å². The molecule has 3 rings (SSSR count). The van der Waals surface area contributed by atoms with Gasteiger partial charge in [-0.05, 0) is 24.3 Å². The number of carbonyl (C=O) groups is 1. The van der Waals surface area contributed by atoms with Crippen LogP contribution in [0.4, 0.5) is 0 Å². The van der Waals surface area contributed by atoms with Crippen molar-refractivity contribution in [2.24, 2.45) is 11.7 Å². The summed E-state index contributed by atoms with van der Waals surface area (Å²) in [5.74, 6) is -0.996. The predicted octanol–water partition coefficient (Wildman–Crippen LogP) is 1.89. The second-order valence-corrected chi connectivity index (χ2v) is 7.77. The van der Waals surface area contributed by atoms with Crippen LogP contribution in [-0.2, 0) is 10.0 Å². The lowest BCUT2D eigenvalue weighted by Gasteiger charge is -2.20. The van der Waals surface area contributed by atoms with Gasteiger partial charge >= 0.3 is 0 Å². The zero-order valence-corrected chi connectivity index (χ0v) is 15.3. The van der Waals surface area contributed by atoms with E-state index >= 15 is 0 Å². The molecule has 0 amide bonds. The Labute approximate surface area is 157 Å². The van der Waals surface area contributed by atoms with E-state index in [0.29, 0.717) is 11.3 Å². The van der Waals surface area contributed by atoms with Gasteiger partial charge in [-0.3, -0.25) is 4.79 Å². The SMILES string of the molecule is COc1ccc(S(=O)(=O)N2CC(C(=O)c3ccccc3)C(C#N)=C2N)cc1.